The molecule has 0 aliphatic rings. The number of unbranched alkanes of at least 4 members (excludes halogenated alkanes) is 1. The van der Waals surface area contributed by atoms with E-state index in [1.807, 2.05) is 6.92 Å². The van der Waals surface area contributed by atoms with Gasteiger partial charge in [-0.05, 0) is 6.42 Å². The Labute approximate surface area is 77.7 Å². The van der Waals surface area contributed by atoms with E-state index < -0.39 is 5.97 Å². The van der Waals surface area contributed by atoms with Crippen LogP contribution >= 0.6 is 0 Å². The van der Waals surface area contributed by atoms with Crippen LogP contribution in [0, 0.1) is 0 Å². The zero-order chi connectivity index (χ0) is 9.94. The van der Waals surface area contributed by atoms with Crippen LogP contribution < -0.4 is 0 Å². The van der Waals surface area contributed by atoms with E-state index in [0.29, 0.717) is 6.42 Å². The summed E-state index contributed by atoms with van der Waals surface area (Å²) in [5, 5.41) is 8.04. The van der Waals surface area contributed by atoms with Gasteiger partial charge in [0.2, 0.25) is 0 Å². The van der Waals surface area contributed by atoms with E-state index in [0.717, 1.165) is 12.8 Å². The lowest BCUT2D eigenvalue weighted by Gasteiger charge is -1.85. The van der Waals surface area contributed by atoms with Crippen LogP contribution in [0.15, 0.2) is 24.8 Å². The van der Waals surface area contributed by atoms with Crippen LogP contribution in [-0.2, 0) is 4.79 Å². The zero-order valence-electron chi connectivity index (χ0n) is 7.68. The molecule has 0 aliphatic heterocycles. The number of hydrogen-bond acceptors (Lipinski definition) is 3. The molecule has 72 valence electrons. The van der Waals surface area contributed by atoms with E-state index in [2.05, 4.69) is 9.97 Å². The van der Waals surface area contributed by atoms with Crippen LogP contribution in [0.1, 0.15) is 26.2 Å². The first-order valence-electron chi connectivity index (χ1n) is 4.19. The van der Waals surface area contributed by atoms with Gasteiger partial charge >= 0.3 is 5.97 Å². The number of carboxylic acids is 1. The molecule has 4 heteroatoms. The second-order valence-corrected chi connectivity index (χ2v) is 2.39. The summed E-state index contributed by atoms with van der Waals surface area (Å²) in [4.78, 5) is 17.2. The third-order valence-corrected chi connectivity index (χ3v) is 1.22. The van der Waals surface area contributed by atoms with Gasteiger partial charge in [0, 0.05) is 31.2 Å². The summed E-state index contributed by atoms with van der Waals surface area (Å²) in [5.74, 6) is -0.693. The lowest BCUT2D eigenvalue weighted by Crippen LogP contribution is -1.91. The second kappa shape index (κ2) is 8.64. The van der Waals surface area contributed by atoms with E-state index in [1.54, 1.807) is 24.8 Å². The summed E-state index contributed by atoms with van der Waals surface area (Å²) in [7, 11) is 0. The summed E-state index contributed by atoms with van der Waals surface area (Å²) in [5.41, 5.74) is 0. The molecule has 1 aromatic rings. The molecule has 0 saturated heterocycles. The van der Waals surface area contributed by atoms with E-state index in [1.165, 1.54) is 0 Å². The van der Waals surface area contributed by atoms with E-state index >= 15 is 0 Å². The van der Waals surface area contributed by atoms with Gasteiger partial charge in [0.25, 0.3) is 0 Å². The number of nitrogens with zero attached hydrogens (tertiary/aromatic N) is 2. The fraction of sp³-hybridized carbons (Fsp3) is 0.444. The normalized spacial score (nSPS) is 8.38. The van der Waals surface area contributed by atoms with Gasteiger partial charge in [0.15, 0.2) is 0 Å². The van der Waals surface area contributed by atoms with Crippen LogP contribution in [0.5, 0.6) is 0 Å². The van der Waals surface area contributed by atoms with Gasteiger partial charge in [-0.25, -0.2) is 0 Å². The molecule has 0 bridgehead atoms. The molecule has 0 saturated carbocycles. The highest BCUT2D eigenvalue weighted by Crippen LogP contribution is 1.91. The van der Waals surface area contributed by atoms with Gasteiger partial charge in [0.05, 0.1) is 0 Å². The topological polar surface area (TPSA) is 63.1 Å². The highest BCUT2D eigenvalue weighted by molar-refractivity contribution is 5.66. The van der Waals surface area contributed by atoms with Crippen LogP contribution in [0.2, 0.25) is 0 Å². The summed E-state index contributed by atoms with van der Waals surface area (Å²) < 4.78 is 0. The molecule has 1 aromatic heterocycles. The minimum atomic E-state index is -0.693. The largest absolute Gasteiger partial charge is 0.481 e. The predicted octanol–water partition coefficient (Wildman–Crippen LogP) is 1.74. The Morgan fingerprint density at radius 1 is 1.23 bits per heavy atom. The summed E-state index contributed by atoms with van der Waals surface area (Å²) in [6.45, 7) is 1.98. The maximum absolute atomic E-state index is 9.76. The van der Waals surface area contributed by atoms with Gasteiger partial charge in [-0.15, -0.1) is 0 Å². The van der Waals surface area contributed by atoms with Crippen molar-refractivity contribution in [2.45, 2.75) is 26.2 Å². The Hall–Kier alpha value is -1.45. The highest BCUT2D eigenvalue weighted by Gasteiger charge is 1.90. The Kier molecular flexibility index (Phi) is 7.68. The lowest BCUT2D eigenvalue weighted by atomic mass is 10.3. The molecule has 0 spiro atoms. The summed E-state index contributed by atoms with van der Waals surface area (Å²) in [6, 6.07) is 0. The van der Waals surface area contributed by atoms with Crippen molar-refractivity contribution in [3.63, 3.8) is 0 Å². The number of hydrogen-bond donors (Lipinski definition) is 1. The first-order chi connectivity index (χ1) is 6.27. The fourth-order valence-electron chi connectivity index (χ4n) is 0.581. The van der Waals surface area contributed by atoms with Crippen LogP contribution in [0.25, 0.3) is 0 Å². The average molecular weight is 182 g/mol. The molecule has 1 heterocycles. The SMILES string of the molecule is CCCCC(=O)O.c1cnccn1. The fourth-order valence-corrected chi connectivity index (χ4v) is 0.581. The number of carboxylic acid groups (broad SMARTS) is 1. The third-order valence-electron chi connectivity index (χ3n) is 1.22. The first-order valence-corrected chi connectivity index (χ1v) is 4.19. The Morgan fingerprint density at radius 2 is 1.69 bits per heavy atom. The van der Waals surface area contributed by atoms with Gasteiger partial charge in [-0.2, -0.15) is 0 Å². The molecule has 0 unspecified atom stereocenters. The Balaban J connectivity index is 0.000000223. The second-order valence-electron chi connectivity index (χ2n) is 2.39. The Bertz CT molecular complexity index is 187. The third kappa shape index (κ3) is 10.6. The van der Waals surface area contributed by atoms with Crippen LogP contribution in [0.4, 0.5) is 0 Å². The minimum absolute atomic E-state index is 0.316. The predicted molar refractivity (Wildman–Crippen MR) is 49.2 cm³/mol. The van der Waals surface area contributed by atoms with Gasteiger partial charge in [-0.3, -0.25) is 14.8 Å². The molecule has 4 nitrogen and oxygen atoms in total. The lowest BCUT2D eigenvalue weighted by molar-refractivity contribution is -0.137. The van der Waals surface area contributed by atoms with Crippen molar-refractivity contribution in [3.05, 3.63) is 24.8 Å². The minimum Gasteiger partial charge on any atom is -0.481 e. The first kappa shape index (κ1) is 11.6. The molecule has 13 heavy (non-hydrogen) atoms. The molecule has 0 fully saturated rings. The van der Waals surface area contributed by atoms with Crippen LogP contribution in [0.3, 0.4) is 0 Å². The van der Waals surface area contributed by atoms with Crippen molar-refractivity contribution in [3.8, 4) is 0 Å². The molecular weight excluding hydrogens is 168 g/mol. The summed E-state index contributed by atoms with van der Waals surface area (Å²) >= 11 is 0. The standard InChI is InChI=1S/C5H10O2.C4H4N2/c1-2-3-4-5(6)7;1-2-6-4-3-5-1/h2-4H2,1H3,(H,6,7);1-4H. The number of aliphatic carboxylic acids is 1. The molecule has 0 radical (unpaired) electrons. The average Bonchev–Trinajstić information content (AvgIpc) is 2.18. The number of carbonyl (C=O) groups is 1. The summed E-state index contributed by atoms with van der Waals surface area (Å²) in [6.07, 6.45) is 8.64. The van der Waals surface area contributed by atoms with E-state index in [-0.39, 0.29) is 0 Å². The van der Waals surface area contributed by atoms with Crippen molar-refractivity contribution in [1.29, 1.82) is 0 Å². The maximum atomic E-state index is 9.76. The van der Waals surface area contributed by atoms with Crippen molar-refractivity contribution >= 4 is 5.97 Å². The quantitative estimate of drug-likeness (QED) is 0.773. The smallest absolute Gasteiger partial charge is 0.303 e. The van der Waals surface area contributed by atoms with Crippen LogP contribution in [-0.4, -0.2) is 21.0 Å². The van der Waals surface area contributed by atoms with Crippen molar-refractivity contribution in [1.82, 2.24) is 9.97 Å². The van der Waals surface area contributed by atoms with Crippen molar-refractivity contribution in [2.75, 3.05) is 0 Å². The maximum Gasteiger partial charge on any atom is 0.303 e. The van der Waals surface area contributed by atoms with E-state index in [9.17, 15) is 4.79 Å². The monoisotopic (exact) mass is 182 g/mol. The number of rotatable bonds is 3. The zero-order valence-corrected chi connectivity index (χ0v) is 7.68. The molecule has 0 aromatic carbocycles. The van der Waals surface area contributed by atoms with E-state index in [4.69, 9.17) is 5.11 Å². The van der Waals surface area contributed by atoms with Crippen molar-refractivity contribution < 1.29 is 9.90 Å². The Morgan fingerprint density at radius 3 is 1.85 bits per heavy atom. The van der Waals surface area contributed by atoms with Gasteiger partial charge in [0.1, 0.15) is 0 Å². The molecular formula is C9H14N2O2. The molecule has 0 atom stereocenters. The van der Waals surface area contributed by atoms with Crippen molar-refractivity contribution in [2.24, 2.45) is 0 Å². The van der Waals surface area contributed by atoms with Gasteiger partial charge < -0.3 is 5.11 Å². The molecule has 0 aliphatic carbocycles. The highest BCUT2D eigenvalue weighted by atomic mass is 16.4. The molecule has 1 rings (SSSR count). The molecule has 1 N–H and O–H groups in total. The number of aromatic nitrogens is 2. The van der Waals surface area contributed by atoms with Gasteiger partial charge in [-0.1, -0.05) is 13.3 Å². The molecule has 0 amide bonds.